The van der Waals surface area contributed by atoms with Crippen LogP contribution in [0, 0.1) is 0 Å². The van der Waals surface area contributed by atoms with Crippen LogP contribution in [0.4, 0.5) is 0 Å². The smallest absolute Gasteiger partial charge is 0.267 e. The first-order chi connectivity index (χ1) is 16.7. The third-order valence-electron chi connectivity index (χ3n) is 6.67. The Hall–Kier alpha value is -3.65. The molecule has 2 fully saturated rings. The first-order valence-electron chi connectivity index (χ1n) is 12.0. The summed E-state index contributed by atoms with van der Waals surface area (Å²) < 4.78 is 3.62. The lowest BCUT2D eigenvalue weighted by Crippen LogP contribution is -2.29. The Balaban J connectivity index is 1.20. The molecule has 1 aliphatic carbocycles. The molecule has 8 heteroatoms. The van der Waals surface area contributed by atoms with Crippen molar-refractivity contribution in [3.8, 4) is 22.5 Å². The molecule has 1 N–H and O–H groups in total. The van der Waals surface area contributed by atoms with Gasteiger partial charge in [0.1, 0.15) is 0 Å². The van der Waals surface area contributed by atoms with E-state index in [0.717, 1.165) is 66.7 Å². The van der Waals surface area contributed by atoms with Crippen LogP contribution in [0.1, 0.15) is 48.9 Å². The van der Waals surface area contributed by atoms with Gasteiger partial charge in [-0.2, -0.15) is 10.2 Å². The Kier molecular flexibility index (Phi) is 5.50. The molecule has 0 spiro atoms. The maximum Gasteiger partial charge on any atom is 0.267 e. The molecule has 4 aromatic rings. The summed E-state index contributed by atoms with van der Waals surface area (Å²) in [5, 5.41) is 12.5. The first-order valence-corrected chi connectivity index (χ1v) is 12.0. The van der Waals surface area contributed by atoms with Crippen molar-refractivity contribution in [1.82, 2.24) is 34.8 Å². The van der Waals surface area contributed by atoms with Gasteiger partial charge in [0, 0.05) is 47.3 Å². The zero-order valence-electron chi connectivity index (χ0n) is 19.0. The second-order valence-electron chi connectivity index (χ2n) is 9.21. The van der Waals surface area contributed by atoms with Gasteiger partial charge in [-0.15, -0.1) is 0 Å². The highest BCUT2D eigenvalue weighted by atomic mass is 16.1. The summed E-state index contributed by atoms with van der Waals surface area (Å²) in [6.07, 6.45) is 12.2. The second-order valence-corrected chi connectivity index (χ2v) is 9.21. The molecule has 1 aromatic carbocycles. The first kappa shape index (κ1) is 20.9. The lowest BCUT2D eigenvalue weighted by Gasteiger charge is -2.22. The molecule has 34 heavy (non-hydrogen) atoms. The topological polar surface area (TPSA) is 90.5 Å². The fraction of sp³-hybridized carbons (Fsp3) is 0.346. The number of piperidine rings is 1. The molecule has 0 unspecified atom stereocenters. The van der Waals surface area contributed by atoms with Crippen LogP contribution < -0.4 is 10.9 Å². The number of aromatic nitrogens is 6. The number of hydrogen-bond donors (Lipinski definition) is 1. The zero-order chi connectivity index (χ0) is 22.9. The molecule has 0 bridgehead atoms. The van der Waals surface area contributed by atoms with Crippen molar-refractivity contribution in [2.45, 2.75) is 44.2 Å². The van der Waals surface area contributed by atoms with Gasteiger partial charge in [0.15, 0.2) is 5.82 Å². The monoisotopic (exact) mass is 453 g/mol. The van der Waals surface area contributed by atoms with E-state index in [1.807, 2.05) is 48.9 Å². The van der Waals surface area contributed by atoms with Crippen molar-refractivity contribution in [2.75, 3.05) is 13.1 Å². The van der Waals surface area contributed by atoms with Crippen LogP contribution >= 0.6 is 0 Å². The van der Waals surface area contributed by atoms with Gasteiger partial charge in [0.2, 0.25) is 0 Å². The van der Waals surface area contributed by atoms with Crippen LogP contribution in [0.3, 0.4) is 0 Å². The van der Waals surface area contributed by atoms with Crippen molar-refractivity contribution >= 4 is 0 Å². The Morgan fingerprint density at radius 1 is 0.912 bits per heavy atom. The van der Waals surface area contributed by atoms with Gasteiger partial charge in [-0.3, -0.25) is 9.48 Å². The minimum absolute atomic E-state index is 0.0829. The average molecular weight is 454 g/mol. The molecule has 4 heterocycles. The average Bonchev–Trinajstić information content (AvgIpc) is 3.62. The fourth-order valence-corrected chi connectivity index (χ4v) is 4.54. The summed E-state index contributed by atoms with van der Waals surface area (Å²) in [5.74, 6) is 1.17. The molecular formula is C26H27N7O. The summed E-state index contributed by atoms with van der Waals surface area (Å²) in [6.45, 7) is 2.50. The van der Waals surface area contributed by atoms with Crippen LogP contribution in [-0.2, 0) is 6.54 Å². The van der Waals surface area contributed by atoms with E-state index in [1.165, 1.54) is 0 Å². The number of hydrogen-bond acceptors (Lipinski definition) is 6. The van der Waals surface area contributed by atoms with E-state index in [1.54, 1.807) is 10.7 Å². The molecule has 1 aliphatic heterocycles. The Morgan fingerprint density at radius 2 is 1.74 bits per heavy atom. The molecule has 0 amide bonds. The van der Waals surface area contributed by atoms with E-state index >= 15 is 0 Å². The highest BCUT2D eigenvalue weighted by Gasteiger charge is 2.25. The van der Waals surface area contributed by atoms with Crippen molar-refractivity contribution in [1.29, 1.82) is 0 Å². The van der Waals surface area contributed by atoms with E-state index in [-0.39, 0.29) is 5.56 Å². The quantitative estimate of drug-likeness (QED) is 0.481. The van der Waals surface area contributed by atoms with Gasteiger partial charge in [-0.05, 0) is 56.5 Å². The number of rotatable bonds is 6. The fourth-order valence-electron chi connectivity index (χ4n) is 4.54. The maximum absolute atomic E-state index is 12.3. The molecule has 8 nitrogen and oxygen atoms in total. The second kappa shape index (κ2) is 8.95. The lowest BCUT2D eigenvalue weighted by atomic mass is 10.1. The minimum Gasteiger partial charge on any atom is -0.317 e. The summed E-state index contributed by atoms with van der Waals surface area (Å²) in [5.41, 5.74) is 4.82. The normalized spacial score (nSPS) is 16.6. The third-order valence-corrected chi connectivity index (χ3v) is 6.67. The molecule has 0 atom stereocenters. The van der Waals surface area contributed by atoms with Gasteiger partial charge >= 0.3 is 0 Å². The van der Waals surface area contributed by atoms with Crippen LogP contribution in [0.2, 0.25) is 0 Å². The predicted molar refractivity (Wildman–Crippen MR) is 129 cm³/mol. The van der Waals surface area contributed by atoms with Gasteiger partial charge in [0.05, 0.1) is 24.5 Å². The zero-order valence-corrected chi connectivity index (χ0v) is 19.0. The molecule has 2 aliphatic rings. The van der Waals surface area contributed by atoms with Crippen LogP contribution in [0.15, 0.2) is 66.0 Å². The Labute approximate surface area is 197 Å². The molecule has 172 valence electrons. The van der Waals surface area contributed by atoms with Gasteiger partial charge in [-0.25, -0.2) is 14.6 Å². The lowest BCUT2D eigenvalue weighted by molar-refractivity contribution is 0.343. The Morgan fingerprint density at radius 3 is 2.53 bits per heavy atom. The SMILES string of the molecule is O=c1ccc(C2CC2)nn1Cc1cccc(-c2ncc(-c3cnn(C4CCNCC4)c3)cn2)c1. The number of benzene rings is 1. The van der Waals surface area contributed by atoms with E-state index in [0.29, 0.717) is 24.3 Å². The van der Waals surface area contributed by atoms with Crippen molar-refractivity contribution in [3.63, 3.8) is 0 Å². The largest absolute Gasteiger partial charge is 0.317 e. The van der Waals surface area contributed by atoms with E-state index < -0.39 is 0 Å². The standard InChI is InChI=1S/C26H27N7O/c34-25-7-6-24(19-4-5-19)31-33(25)16-18-2-1-3-20(12-18)26-28-13-21(14-29-26)22-15-30-32(17-22)23-8-10-27-11-9-23/h1-3,6-7,12-15,17,19,23,27H,4-5,8-11,16H2. The van der Waals surface area contributed by atoms with Crippen molar-refractivity contribution < 1.29 is 0 Å². The Bertz CT molecular complexity index is 1350. The van der Waals surface area contributed by atoms with Crippen molar-refractivity contribution in [3.05, 3.63) is 82.8 Å². The van der Waals surface area contributed by atoms with Crippen LogP contribution in [0.25, 0.3) is 22.5 Å². The minimum atomic E-state index is -0.0829. The predicted octanol–water partition coefficient (Wildman–Crippen LogP) is 3.41. The molecule has 1 saturated heterocycles. The van der Waals surface area contributed by atoms with E-state index in [9.17, 15) is 4.79 Å². The van der Waals surface area contributed by atoms with Gasteiger partial charge in [-0.1, -0.05) is 18.2 Å². The molecular weight excluding hydrogens is 426 g/mol. The molecule has 3 aromatic heterocycles. The molecule has 6 rings (SSSR count). The summed E-state index contributed by atoms with van der Waals surface area (Å²) in [6, 6.07) is 11.9. The highest BCUT2D eigenvalue weighted by molar-refractivity contribution is 5.62. The van der Waals surface area contributed by atoms with Crippen molar-refractivity contribution in [2.24, 2.45) is 0 Å². The van der Waals surface area contributed by atoms with E-state index in [2.05, 4.69) is 36.4 Å². The summed E-state index contributed by atoms with van der Waals surface area (Å²) >= 11 is 0. The van der Waals surface area contributed by atoms with E-state index in [4.69, 9.17) is 0 Å². The maximum atomic E-state index is 12.3. The number of nitrogens with zero attached hydrogens (tertiary/aromatic N) is 6. The van der Waals surface area contributed by atoms with Gasteiger partial charge < -0.3 is 5.32 Å². The number of nitrogens with one attached hydrogen (secondary N) is 1. The summed E-state index contributed by atoms with van der Waals surface area (Å²) in [7, 11) is 0. The van der Waals surface area contributed by atoms with Gasteiger partial charge in [0.25, 0.3) is 5.56 Å². The highest BCUT2D eigenvalue weighted by Crippen LogP contribution is 2.38. The van der Waals surface area contributed by atoms with Crippen LogP contribution in [0.5, 0.6) is 0 Å². The third kappa shape index (κ3) is 4.41. The molecule has 0 radical (unpaired) electrons. The molecule has 1 saturated carbocycles. The summed E-state index contributed by atoms with van der Waals surface area (Å²) in [4.78, 5) is 21.5. The van der Waals surface area contributed by atoms with Crippen LogP contribution in [-0.4, -0.2) is 42.6 Å².